The zero-order chi connectivity index (χ0) is 17.6. The minimum atomic E-state index is -0.217. The van der Waals surface area contributed by atoms with Crippen LogP contribution in [-0.4, -0.2) is 43.2 Å². The molecule has 0 bridgehead atoms. The fourth-order valence-electron chi connectivity index (χ4n) is 2.86. The van der Waals surface area contributed by atoms with E-state index in [0.717, 1.165) is 19.6 Å². The van der Waals surface area contributed by atoms with Gasteiger partial charge >= 0.3 is 0 Å². The van der Waals surface area contributed by atoms with E-state index in [1.807, 2.05) is 18.2 Å². The highest BCUT2D eigenvalue weighted by atomic mass is 35.5. The van der Waals surface area contributed by atoms with Gasteiger partial charge in [0.05, 0.1) is 23.3 Å². The van der Waals surface area contributed by atoms with E-state index in [0.29, 0.717) is 28.8 Å². The molecule has 2 aromatic carbocycles. The SMILES string of the molecule is O=C(NCC1CN(Cc2ccccc2)CCO1)c1ccc(Cl)cc1Cl. The lowest BCUT2D eigenvalue weighted by molar-refractivity contribution is -0.0292. The van der Waals surface area contributed by atoms with E-state index in [4.69, 9.17) is 27.9 Å². The van der Waals surface area contributed by atoms with Crippen molar-refractivity contribution in [2.75, 3.05) is 26.2 Å². The molecule has 4 nitrogen and oxygen atoms in total. The number of amides is 1. The van der Waals surface area contributed by atoms with Crippen LogP contribution in [-0.2, 0) is 11.3 Å². The monoisotopic (exact) mass is 378 g/mol. The van der Waals surface area contributed by atoms with E-state index in [-0.39, 0.29) is 12.0 Å². The molecule has 0 aliphatic carbocycles. The smallest absolute Gasteiger partial charge is 0.252 e. The van der Waals surface area contributed by atoms with Crippen LogP contribution in [0.2, 0.25) is 10.0 Å². The summed E-state index contributed by atoms with van der Waals surface area (Å²) in [7, 11) is 0. The molecular weight excluding hydrogens is 359 g/mol. The number of nitrogens with one attached hydrogen (secondary N) is 1. The molecule has 25 heavy (non-hydrogen) atoms. The van der Waals surface area contributed by atoms with Crippen LogP contribution in [0.5, 0.6) is 0 Å². The number of rotatable bonds is 5. The van der Waals surface area contributed by atoms with Gasteiger partial charge in [0.15, 0.2) is 0 Å². The Morgan fingerprint density at radius 2 is 2.00 bits per heavy atom. The van der Waals surface area contributed by atoms with E-state index >= 15 is 0 Å². The molecule has 6 heteroatoms. The number of hydrogen-bond acceptors (Lipinski definition) is 3. The summed E-state index contributed by atoms with van der Waals surface area (Å²) in [5, 5.41) is 3.75. The number of benzene rings is 2. The number of ether oxygens (including phenoxy) is 1. The molecule has 0 radical (unpaired) electrons. The van der Waals surface area contributed by atoms with E-state index in [9.17, 15) is 4.79 Å². The van der Waals surface area contributed by atoms with Gasteiger partial charge in [0.25, 0.3) is 5.91 Å². The molecule has 132 valence electrons. The van der Waals surface area contributed by atoms with Crippen LogP contribution < -0.4 is 5.32 Å². The van der Waals surface area contributed by atoms with Crippen molar-refractivity contribution < 1.29 is 9.53 Å². The molecule has 1 aliphatic heterocycles. The van der Waals surface area contributed by atoms with Crippen molar-refractivity contribution in [3.05, 3.63) is 69.7 Å². The highest BCUT2D eigenvalue weighted by Crippen LogP contribution is 2.21. The molecule has 1 aliphatic rings. The largest absolute Gasteiger partial charge is 0.374 e. The van der Waals surface area contributed by atoms with Crippen LogP contribution in [0.1, 0.15) is 15.9 Å². The first-order valence-corrected chi connectivity index (χ1v) is 8.98. The summed E-state index contributed by atoms with van der Waals surface area (Å²) in [6, 6.07) is 15.2. The third-order valence-electron chi connectivity index (χ3n) is 4.14. The quantitative estimate of drug-likeness (QED) is 0.863. The van der Waals surface area contributed by atoms with Crippen LogP contribution >= 0.6 is 23.2 Å². The zero-order valence-corrected chi connectivity index (χ0v) is 15.3. The fraction of sp³-hybridized carbons (Fsp3) is 0.316. The Morgan fingerprint density at radius 3 is 2.76 bits per heavy atom. The van der Waals surface area contributed by atoms with E-state index in [2.05, 4.69) is 22.3 Å². The van der Waals surface area contributed by atoms with Crippen molar-refractivity contribution in [3.8, 4) is 0 Å². The highest BCUT2D eigenvalue weighted by molar-refractivity contribution is 6.36. The number of morpholine rings is 1. The Labute approximate surface area is 157 Å². The number of hydrogen-bond donors (Lipinski definition) is 1. The van der Waals surface area contributed by atoms with E-state index < -0.39 is 0 Å². The molecular formula is C19H20Cl2N2O2. The van der Waals surface area contributed by atoms with Gasteiger partial charge in [-0.2, -0.15) is 0 Å². The summed E-state index contributed by atoms with van der Waals surface area (Å²) in [5.41, 5.74) is 1.70. The predicted molar refractivity (Wildman–Crippen MR) is 100 cm³/mol. The average molecular weight is 379 g/mol. The molecule has 1 unspecified atom stereocenters. The maximum atomic E-state index is 12.3. The standard InChI is InChI=1S/C19H20Cl2N2O2/c20-15-6-7-17(18(21)10-15)19(24)22-11-16-13-23(8-9-25-16)12-14-4-2-1-3-5-14/h1-7,10,16H,8-9,11-13H2,(H,22,24). The van der Waals surface area contributed by atoms with Gasteiger partial charge in [-0.3, -0.25) is 9.69 Å². The molecule has 0 aromatic heterocycles. The average Bonchev–Trinajstić information content (AvgIpc) is 2.61. The number of halogens is 2. The Kier molecular flexibility index (Phi) is 6.32. The third kappa shape index (κ3) is 5.19. The molecule has 3 rings (SSSR count). The van der Waals surface area contributed by atoms with Gasteiger partial charge in [-0.15, -0.1) is 0 Å². The molecule has 1 amide bonds. The number of nitrogens with zero attached hydrogens (tertiary/aromatic N) is 1. The Hall–Kier alpha value is -1.59. The third-order valence-corrected chi connectivity index (χ3v) is 4.69. The van der Waals surface area contributed by atoms with Crippen molar-refractivity contribution in [2.24, 2.45) is 0 Å². The van der Waals surface area contributed by atoms with Crippen LogP contribution in [0.25, 0.3) is 0 Å². The van der Waals surface area contributed by atoms with Crippen LogP contribution in [0.15, 0.2) is 48.5 Å². The fourth-order valence-corrected chi connectivity index (χ4v) is 3.36. The predicted octanol–water partition coefficient (Wildman–Crippen LogP) is 3.62. The zero-order valence-electron chi connectivity index (χ0n) is 13.8. The van der Waals surface area contributed by atoms with Crippen molar-refractivity contribution in [3.63, 3.8) is 0 Å². The summed E-state index contributed by atoms with van der Waals surface area (Å²) in [6.45, 7) is 3.67. The van der Waals surface area contributed by atoms with Gasteiger partial charge in [0, 0.05) is 31.2 Å². The molecule has 1 N–H and O–H groups in total. The van der Waals surface area contributed by atoms with Crippen molar-refractivity contribution in [1.29, 1.82) is 0 Å². The lowest BCUT2D eigenvalue weighted by Crippen LogP contribution is -2.47. The van der Waals surface area contributed by atoms with Crippen molar-refractivity contribution in [2.45, 2.75) is 12.6 Å². The molecule has 1 fully saturated rings. The van der Waals surface area contributed by atoms with E-state index in [1.54, 1.807) is 18.2 Å². The summed E-state index contributed by atoms with van der Waals surface area (Å²) in [4.78, 5) is 14.6. The first-order valence-electron chi connectivity index (χ1n) is 8.23. The molecule has 1 saturated heterocycles. The van der Waals surface area contributed by atoms with Crippen molar-refractivity contribution >= 4 is 29.1 Å². The molecule has 0 saturated carbocycles. The van der Waals surface area contributed by atoms with Gasteiger partial charge in [-0.1, -0.05) is 53.5 Å². The number of carbonyl (C=O) groups excluding carboxylic acids is 1. The second-order valence-corrected chi connectivity index (χ2v) is 6.89. The normalized spacial score (nSPS) is 18.1. The summed E-state index contributed by atoms with van der Waals surface area (Å²) in [6.07, 6.45) is -0.0347. The number of carbonyl (C=O) groups is 1. The molecule has 1 heterocycles. The van der Waals surface area contributed by atoms with Gasteiger partial charge in [-0.25, -0.2) is 0 Å². The topological polar surface area (TPSA) is 41.6 Å². The Bertz CT molecular complexity index is 725. The summed E-state index contributed by atoms with van der Waals surface area (Å²) >= 11 is 11.9. The second kappa shape index (κ2) is 8.68. The van der Waals surface area contributed by atoms with Crippen molar-refractivity contribution in [1.82, 2.24) is 10.2 Å². The molecule has 0 spiro atoms. The molecule has 1 atom stereocenters. The van der Waals surface area contributed by atoms with Gasteiger partial charge < -0.3 is 10.1 Å². The Balaban J connectivity index is 1.51. The Morgan fingerprint density at radius 1 is 1.20 bits per heavy atom. The van der Waals surface area contributed by atoms with Gasteiger partial charge in [0.1, 0.15) is 0 Å². The summed E-state index contributed by atoms with van der Waals surface area (Å²) in [5.74, 6) is -0.217. The van der Waals surface area contributed by atoms with Gasteiger partial charge in [0.2, 0.25) is 0 Å². The lowest BCUT2D eigenvalue weighted by Gasteiger charge is -2.33. The summed E-state index contributed by atoms with van der Waals surface area (Å²) < 4.78 is 5.77. The van der Waals surface area contributed by atoms with Gasteiger partial charge in [-0.05, 0) is 23.8 Å². The van der Waals surface area contributed by atoms with Crippen LogP contribution in [0.3, 0.4) is 0 Å². The minimum absolute atomic E-state index is 0.0347. The van der Waals surface area contributed by atoms with E-state index in [1.165, 1.54) is 5.56 Å². The first-order chi connectivity index (χ1) is 12.1. The first kappa shape index (κ1) is 18.2. The lowest BCUT2D eigenvalue weighted by atomic mass is 10.2. The second-order valence-electron chi connectivity index (χ2n) is 6.05. The highest BCUT2D eigenvalue weighted by Gasteiger charge is 2.21. The van der Waals surface area contributed by atoms with Crippen LogP contribution in [0.4, 0.5) is 0 Å². The van der Waals surface area contributed by atoms with Crippen LogP contribution in [0, 0.1) is 0 Å². The maximum absolute atomic E-state index is 12.3. The maximum Gasteiger partial charge on any atom is 0.252 e. The minimum Gasteiger partial charge on any atom is -0.374 e. The molecule has 2 aromatic rings.